The second-order valence-corrected chi connectivity index (χ2v) is 15.6. The Balaban J connectivity index is 4.19. The zero-order valence-corrected chi connectivity index (χ0v) is 18.2. The van der Waals surface area contributed by atoms with Crippen LogP contribution in [0.25, 0.3) is 0 Å². The van der Waals surface area contributed by atoms with Gasteiger partial charge in [-0.15, -0.1) is 0 Å². The molecule has 0 aromatic rings. The lowest BCUT2D eigenvalue weighted by Crippen LogP contribution is -2.47. The number of carbonyl (C=O) groups is 1. The minimum Gasteiger partial charge on any atom is -0.466 e. The average Bonchev–Trinajstić information content (AvgIpc) is 2.48. The molecule has 0 aromatic heterocycles. The second kappa shape index (κ2) is 11.4. The highest BCUT2D eigenvalue weighted by Gasteiger charge is 2.28. The lowest BCUT2D eigenvalue weighted by molar-refractivity contribution is -0.143. The summed E-state index contributed by atoms with van der Waals surface area (Å²) in [4.78, 5) is 11.5. The largest absolute Gasteiger partial charge is 0.466 e. The Morgan fingerprint density at radius 3 is 2.00 bits per heavy atom. The van der Waals surface area contributed by atoms with Crippen LogP contribution in [0.1, 0.15) is 32.6 Å². The maximum absolute atomic E-state index is 11.5. The van der Waals surface area contributed by atoms with E-state index in [4.69, 9.17) is 13.6 Å². The summed E-state index contributed by atoms with van der Waals surface area (Å²) < 4.78 is 18.7. The zero-order chi connectivity index (χ0) is 17.9. The van der Waals surface area contributed by atoms with Gasteiger partial charge in [-0.05, 0) is 45.4 Å². The fourth-order valence-corrected chi connectivity index (χ4v) is 5.59. The number of unbranched alkanes of at least 4 members (excludes halogenated alkanes) is 1. The SMILES string of the molecule is CCOC(=O)CCCN(CCCC[Si](C)(OC)OC)[Si](C)(C)C. The van der Waals surface area contributed by atoms with Crippen molar-refractivity contribution in [2.75, 3.05) is 33.9 Å². The van der Waals surface area contributed by atoms with Crippen LogP contribution in [0.15, 0.2) is 0 Å². The van der Waals surface area contributed by atoms with Gasteiger partial charge in [0, 0.05) is 20.6 Å². The molecule has 0 radical (unpaired) electrons. The molecule has 0 rings (SSSR count). The Bertz CT molecular complexity index is 331. The van der Waals surface area contributed by atoms with E-state index in [1.54, 1.807) is 14.2 Å². The number of nitrogens with zero attached hydrogens (tertiary/aromatic N) is 1. The van der Waals surface area contributed by atoms with Crippen LogP contribution in [0.4, 0.5) is 0 Å². The lowest BCUT2D eigenvalue weighted by atomic mass is 10.3. The molecule has 0 saturated carbocycles. The molecular weight excluding hydrogens is 326 g/mol. The summed E-state index contributed by atoms with van der Waals surface area (Å²) in [6.07, 6.45) is 3.68. The van der Waals surface area contributed by atoms with Crippen molar-refractivity contribution in [1.82, 2.24) is 4.57 Å². The number of carbonyl (C=O) groups excluding carboxylic acids is 1. The Morgan fingerprint density at radius 2 is 1.52 bits per heavy atom. The van der Waals surface area contributed by atoms with E-state index in [0.29, 0.717) is 13.0 Å². The molecule has 0 aliphatic carbocycles. The van der Waals surface area contributed by atoms with Crippen molar-refractivity contribution in [3.05, 3.63) is 0 Å². The van der Waals surface area contributed by atoms with Crippen LogP contribution in [0.3, 0.4) is 0 Å². The Kier molecular flexibility index (Phi) is 11.3. The lowest BCUT2D eigenvalue weighted by Gasteiger charge is -2.34. The van der Waals surface area contributed by atoms with Crippen molar-refractivity contribution in [2.45, 2.75) is 64.8 Å². The van der Waals surface area contributed by atoms with Crippen LogP contribution < -0.4 is 0 Å². The predicted octanol–water partition coefficient (Wildman–Crippen LogP) is 3.61. The Labute approximate surface area is 145 Å². The smallest absolute Gasteiger partial charge is 0.334 e. The van der Waals surface area contributed by atoms with E-state index >= 15 is 0 Å². The highest BCUT2D eigenvalue weighted by atomic mass is 28.4. The van der Waals surface area contributed by atoms with E-state index in [2.05, 4.69) is 30.8 Å². The summed E-state index contributed by atoms with van der Waals surface area (Å²) in [5, 5.41) is 0. The fraction of sp³-hybridized carbons (Fsp3) is 0.938. The van der Waals surface area contributed by atoms with E-state index in [0.717, 1.165) is 38.4 Å². The summed E-state index contributed by atoms with van der Waals surface area (Å²) in [6, 6.07) is 1.03. The van der Waals surface area contributed by atoms with E-state index < -0.39 is 16.8 Å². The first kappa shape index (κ1) is 22.8. The minimum atomic E-state index is -1.93. The number of hydrogen-bond acceptors (Lipinski definition) is 5. The summed E-state index contributed by atoms with van der Waals surface area (Å²) in [7, 11) is 0.206. The van der Waals surface area contributed by atoms with E-state index in [-0.39, 0.29) is 5.97 Å². The first-order valence-electron chi connectivity index (χ1n) is 8.69. The maximum atomic E-state index is 11.5. The fourth-order valence-electron chi connectivity index (χ4n) is 2.47. The molecule has 138 valence electrons. The number of ether oxygens (including phenoxy) is 1. The Morgan fingerprint density at radius 1 is 0.957 bits per heavy atom. The molecule has 0 fully saturated rings. The van der Waals surface area contributed by atoms with Crippen LogP contribution in [0.5, 0.6) is 0 Å². The van der Waals surface area contributed by atoms with Crippen LogP contribution in [-0.4, -0.2) is 61.2 Å². The van der Waals surface area contributed by atoms with Crippen LogP contribution in [0, 0.1) is 0 Å². The van der Waals surface area contributed by atoms with Crippen LogP contribution in [-0.2, 0) is 18.4 Å². The third-order valence-electron chi connectivity index (χ3n) is 4.24. The van der Waals surface area contributed by atoms with Gasteiger partial charge in [0.2, 0.25) is 0 Å². The Hall–Kier alpha value is -0.216. The van der Waals surface area contributed by atoms with E-state index in [1.807, 2.05) is 6.92 Å². The van der Waals surface area contributed by atoms with Gasteiger partial charge in [0.05, 0.1) is 6.61 Å². The van der Waals surface area contributed by atoms with Gasteiger partial charge in [-0.3, -0.25) is 4.79 Å². The van der Waals surface area contributed by atoms with Gasteiger partial charge < -0.3 is 18.2 Å². The molecule has 0 atom stereocenters. The molecule has 0 N–H and O–H groups in total. The zero-order valence-electron chi connectivity index (χ0n) is 16.2. The first-order valence-corrected chi connectivity index (χ1v) is 14.7. The van der Waals surface area contributed by atoms with Crippen molar-refractivity contribution < 1.29 is 18.4 Å². The molecular formula is C16H37NO4Si2. The summed E-state index contributed by atoms with van der Waals surface area (Å²) >= 11 is 0. The molecule has 0 aliphatic rings. The van der Waals surface area contributed by atoms with Gasteiger partial charge in [0.1, 0.15) is 8.24 Å². The van der Waals surface area contributed by atoms with Crippen LogP contribution in [0.2, 0.25) is 32.2 Å². The highest BCUT2D eigenvalue weighted by Crippen LogP contribution is 2.17. The molecule has 0 heterocycles. The van der Waals surface area contributed by atoms with Crippen molar-refractivity contribution in [3.63, 3.8) is 0 Å². The molecule has 0 amide bonds. The van der Waals surface area contributed by atoms with Crippen molar-refractivity contribution in [3.8, 4) is 0 Å². The number of rotatable bonds is 13. The minimum absolute atomic E-state index is 0.0787. The molecule has 0 saturated heterocycles. The van der Waals surface area contributed by atoms with Gasteiger partial charge >= 0.3 is 14.5 Å². The van der Waals surface area contributed by atoms with Gasteiger partial charge in [-0.25, -0.2) is 0 Å². The third kappa shape index (κ3) is 10.3. The molecule has 0 bridgehead atoms. The highest BCUT2D eigenvalue weighted by molar-refractivity contribution is 6.73. The molecule has 0 aliphatic heterocycles. The van der Waals surface area contributed by atoms with Crippen molar-refractivity contribution in [2.24, 2.45) is 0 Å². The number of esters is 1. The molecule has 5 nitrogen and oxygen atoms in total. The van der Waals surface area contributed by atoms with Gasteiger partial charge in [-0.2, -0.15) is 0 Å². The van der Waals surface area contributed by atoms with Crippen molar-refractivity contribution >= 4 is 22.8 Å². The van der Waals surface area contributed by atoms with E-state index in [9.17, 15) is 4.79 Å². The molecule has 0 unspecified atom stereocenters. The maximum Gasteiger partial charge on any atom is 0.334 e. The van der Waals surface area contributed by atoms with E-state index in [1.165, 1.54) is 0 Å². The summed E-state index contributed by atoms with van der Waals surface area (Å²) in [5.41, 5.74) is 0. The monoisotopic (exact) mass is 363 g/mol. The molecule has 0 aromatic carbocycles. The third-order valence-corrected chi connectivity index (χ3v) is 9.57. The topological polar surface area (TPSA) is 48.0 Å². The molecule has 23 heavy (non-hydrogen) atoms. The standard InChI is InChI=1S/C16H37NO4Si2/c1-8-21-16(18)12-11-14-17(22(4,5)6)13-9-10-15-23(7,19-2)20-3/h8-15H2,1-7H3. The van der Waals surface area contributed by atoms with Crippen molar-refractivity contribution in [1.29, 1.82) is 0 Å². The predicted molar refractivity (Wildman–Crippen MR) is 100 cm³/mol. The number of hydrogen-bond donors (Lipinski definition) is 0. The molecule has 7 heteroatoms. The van der Waals surface area contributed by atoms with Gasteiger partial charge in [0.15, 0.2) is 0 Å². The second-order valence-electron chi connectivity index (χ2n) is 7.07. The average molecular weight is 364 g/mol. The van der Waals surface area contributed by atoms with Gasteiger partial charge in [0.25, 0.3) is 0 Å². The first-order chi connectivity index (χ1) is 10.7. The quantitative estimate of drug-likeness (QED) is 0.284. The summed E-state index contributed by atoms with van der Waals surface area (Å²) in [5.74, 6) is -0.0787. The normalized spacial score (nSPS) is 12.7. The van der Waals surface area contributed by atoms with Gasteiger partial charge in [-0.1, -0.05) is 26.1 Å². The van der Waals surface area contributed by atoms with Crippen LogP contribution >= 0.6 is 0 Å². The summed E-state index contributed by atoms with van der Waals surface area (Å²) in [6.45, 7) is 13.6. The molecule has 0 spiro atoms.